The van der Waals surface area contributed by atoms with Crippen molar-refractivity contribution in [2.45, 2.75) is 83.4 Å². The van der Waals surface area contributed by atoms with Gasteiger partial charge in [-0.2, -0.15) is 132 Å². The van der Waals surface area contributed by atoms with E-state index >= 15 is 0 Å². The third-order valence-corrected chi connectivity index (χ3v) is 5.17. The third-order valence-electron chi connectivity index (χ3n) is 5.17. The van der Waals surface area contributed by atoms with Crippen LogP contribution in [0.1, 0.15) is 0 Å². The van der Waals surface area contributed by atoms with Crippen LogP contribution in [0.15, 0.2) is 0 Å². The number of halogens is 30. The summed E-state index contributed by atoms with van der Waals surface area (Å²) in [4.78, 5) is 19.2. The van der Waals surface area contributed by atoms with E-state index in [9.17, 15) is 152 Å². The van der Waals surface area contributed by atoms with Gasteiger partial charge >= 0.3 is 111 Å². The minimum absolute atomic E-state index is 0. The predicted octanol–water partition coefficient (Wildman–Crippen LogP) is 5.84. The quantitative estimate of drug-likeness (QED) is 0.182. The normalized spacial score (nSPS) is 15.8. The average molecular weight is 1030 g/mol. The van der Waals surface area contributed by atoms with Gasteiger partial charge in [0.2, 0.25) is 0 Å². The third kappa shape index (κ3) is 7.21. The Morgan fingerprint density at radius 2 is 0.373 bits per heavy atom. The first-order chi connectivity index (χ1) is 20.9. The first-order valence-corrected chi connectivity index (χ1v) is 9.99. The monoisotopic (exact) mass is 1030 g/mol. The number of hydrogen-bond donors (Lipinski definition) is 0. The van der Waals surface area contributed by atoms with Crippen LogP contribution in [-0.2, 0) is 9.59 Å². The summed E-state index contributed by atoms with van der Waals surface area (Å²) in [5, 5.41) is 19.2. The Morgan fingerprint density at radius 1 is 0.255 bits per heavy atom. The number of aliphatic carboxylic acids is 2. The molecule has 0 aliphatic carbocycles. The summed E-state index contributed by atoms with van der Waals surface area (Å²) in [7, 11) is 0. The van der Waals surface area contributed by atoms with Gasteiger partial charge in [-0.05, 0) is 0 Å². The maximum absolute atomic E-state index is 12.8. The van der Waals surface area contributed by atoms with Crippen molar-refractivity contribution >= 4 is 39.2 Å². The average Bonchev–Trinajstić information content (AvgIpc) is 2.86. The van der Waals surface area contributed by atoms with Crippen LogP contribution in [0.2, 0.25) is 0 Å². The Bertz CT molecular complexity index is 1160. The molecule has 0 aromatic heterocycles. The van der Waals surface area contributed by atoms with Crippen LogP contribution in [0.4, 0.5) is 132 Å². The molecule has 302 valence electrons. The van der Waals surface area contributed by atoms with Crippen molar-refractivity contribution in [2.75, 3.05) is 0 Å². The van der Waals surface area contributed by atoms with Crippen molar-refractivity contribution < 1.29 is 152 Å². The van der Waals surface area contributed by atoms with E-state index in [1.54, 1.807) is 0 Å². The van der Waals surface area contributed by atoms with Crippen LogP contribution in [-0.4, -0.2) is 123 Å². The Hall–Kier alpha value is -2.24. The molecule has 0 aromatic rings. The van der Waals surface area contributed by atoms with Gasteiger partial charge in [0.05, 0.1) is 0 Å². The molecule has 35 heteroatoms. The van der Waals surface area contributed by atoms with Crippen LogP contribution in [0.3, 0.4) is 0 Å². The van der Waals surface area contributed by atoms with Gasteiger partial charge in [-0.25, -0.2) is 0 Å². The van der Waals surface area contributed by atoms with Gasteiger partial charge < -0.3 is 19.8 Å². The zero-order chi connectivity index (χ0) is 42.2. The summed E-state index contributed by atoms with van der Waals surface area (Å²) in [5.74, 6) is -107. The van der Waals surface area contributed by atoms with Crippen molar-refractivity contribution in [2.24, 2.45) is 0 Å². The van der Waals surface area contributed by atoms with Crippen molar-refractivity contribution in [3.8, 4) is 0 Å². The fourth-order valence-electron chi connectivity index (χ4n) is 2.19. The molecule has 0 fully saturated rings. The molecule has 0 rings (SSSR count). The summed E-state index contributed by atoms with van der Waals surface area (Å²) >= 11 is 0. The van der Waals surface area contributed by atoms with Gasteiger partial charge in [-0.3, -0.25) is 0 Å². The molecule has 0 amide bonds. The Labute approximate surface area is 274 Å². The Morgan fingerprint density at radius 3 is 0.490 bits per heavy atom. The number of rotatable bonds is 12. The molecule has 0 saturated heterocycles. The van der Waals surface area contributed by atoms with E-state index < -0.39 is 95.4 Å². The van der Waals surface area contributed by atoms with E-state index in [1.807, 2.05) is 0 Å². The number of carboxylic acid groups (broad SMARTS) is 2. The van der Waals surface area contributed by atoms with Gasteiger partial charge in [0.25, 0.3) is 0 Å². The molecule has 0 aliphatic heterocycles. The van der Waals surface area contributed by atoms with Gasteiger partial charge in [-0.15, -0.1) is 0 Å². The van der Waals surface area contributed by atoms with Crippen LogP contribution in [0.5, 0.6) is 0 Å². The summed E-state index contributed by atoms with van der Waals surface area (Å²) in [6.45, 7) is 0. The Balaban J connectivity index is -0.000000886. The van der Waals surface area contributed by atoms with Crippen molar-refractivity contribution in [1.29, 1.82) is 0 Å². The molecule has 2 radical (unpaired) electrons. The zero-order valence-corrected chi connectivity index (χ0v) is 25.4. The first kappa shape index (κ1) is 53.1. The molecule has 0 atom stereocenters. The van der Waals surface area contributed by atoms with Crippen LogP contribution >= 0.6 is 0 Å². The van der Waals surface area contributed by atoms with E-state index in [0.717, 1.165) is 0 Å². The molecule has 0 saturated carbocycles. The van der Waals surface area contributed by atoms with Crippen molar-refractivity contribution in [3.63, 3.8) is 0 Å². The van der Waals surface area contributed by atoms with E-state index in [1.165, 1.54) is 0 Å². The summed E-state index contributed by atoms with van der Waals surface area (Å²) in [5.41, 5.74) is 0. The molecule has 0 aliphatic rings. The second-order valence-corrected chi connectivity index (χ2v) is 8.46. The molecule has 0 N–H and O–H groups in total. The zero-order valence-electron chi connectivity index (χ0n) is 21.5. The smallest absolute Gasteiger partial charge is 0.544 e. The fourth-order valence-corrected chi connectivity index (χ4v) is 2.19. The van der Waals surface area contributed by atoms with E-state index in [2.05, 4.69) is 0 Å². The summed E-state index contributed by atoms with van der Waals surface area (Å²) in [6, 6.07) is 0. The van der Waals surface area contributed by atoms with Crippen LogP contribution < -0.4 is 10.2 Å². The summed E-state index contributed by atoms with van der Waals surface area (Å²) < 4.78 is 372. The molecule has 51 heavy (non-hydrogen) atoms. The number of alkyl halides is 30. The molecule has 4 nitrogen and oxygen atoms in total. The van der Waals surface area contributed by atoms with Gasteiger partial charge in [0.15, 0.2) is 0 Å². The van der Waals surface area contributed by atoms with Crippen LogP contribution in [0.25, 0.3) is 0 Å². The Kier molecular flexibility index (Phi) is 14.1. The second kappa shape index (κ2) is 13.6. The minimum atomic E-state index is -8.50. The SMILES string of the molecule is O=C([O-])C(F)(F)C(F)(F)C(F)(F)C(F)(F)C(F)(F)C(F)(F)C(F)(F)F.O=C([O-])C(F)(F)C(F)(F)C(F)(F)C(F)(F)C(F)(F)C(F)(F)C(F)(F)F.[Pb+2]. The van der Waals surface area contributed by atoms with Crippen LogP contribution in [0, 0.1) is 0 Å². The van der Waals surface area contributed by atoms with E-state index in [-0.39, 0.29) is 27.3 Å². The van der Waals surface area contributed by atoms with Gasteiger partial charge in [-0.1, -0.05) is 0 Å². The number of carbonyl (C=O) groups is 2. The maximum atomic E-state index is 12.8. The van der Waals surface area contributed by atoms with Crippen molar-refractivity contribution in [1.82, 2.24) is 0 Å². The molecular weight excluding hydrogens is 1030 g/mol. The number of carbonyl (C=O) groups excluding carboxylic acids is 2. The molecule has 0 bridgehead atoms. The fraction of sp³-hybridized carbons (Fsp3) is 0.875. The van der Waals surface area contributed by atoms with E-state index in [0.29, 0.717) is 0 Å². The molecule has 0 spiro atoms. The van der Waals surface area contributed by atoms with Crippen molar-refractivity contribution in [3.05, 3.63) is 0 Å². The molecule has 0 aromatic carbocycles. The molecular formula is C16F30O4Pb. The maximum Gasteiger partial charge on any atom is 2.00 e. The topological polar surface area (TPSA) is 80.3 Å². The molecule has 0 unspecified atom stereocenters. The van der Waals surface area contributed by atoms with Gasteiger partial charge in [0, 0.05) is 0 Å². The largest absolute Gasteiger partial charge is 2.00 e. The predicted molar refractivity (Wildman–Crippen MR) is 87.2 cm³/mol. The number of carboxylic acids is 2. The number of hydrogen-bond acceptors (Lipinski definition) is 4. The van der Waals surface area contributed by atoms with E-state index in [4.69, 9.17) is 0 Å². The second-order valence-electron chi connectivity index (χ2n) is 8.46. The van der Waals surface area contributed by atoms with Gasteiger partial charge in [0.1, 0.15) is 11.9 Å². The minimum Gasteiger partial charge on any atom is -0.544 e. The standard InChI is InChI=1S/2C8HF15O2.Pb/c2*9-2(10,1(24)25)3(11,12)4(13,14)5(15,16)6(17,18)7(19,20)8(21,22)23;/h2*(H,24,25);/q;;+2/p-2. The molecule has 0 heterocycles. The first-order valence-electron chi connectivity index (χ1n) is 9.99. The summed E-state index contributed by atoms with van der Waals surface area (Å²) in [6.07, 6.45) is -15.4.